The van der Waals surface area contributed by atoms with E-state index < -0.39 is 0 Å². The van der Waals surface area contributed by atoms with E-state index in [-0.39, 0.29) is 5.91 Å². The summed E-state index contributed by atoms with van der Waals surface area (Å²) >= 11 is 5.56. The van der Waals surface area contributed by atoms with E-state index in [1.807, 2.05) is 30.3 Å². The summed E-state index contributed by atoms with van der Waals surface area (Å²) in [4.78, 5) is 13.3. The summed E-state index contributed by atoms with van der Waals surface area (Å²) in [6, 6.07) is 10.0. The predicted molar refractivity (Wildman–Crippen MR) is 63.1 cm³/mol. The van der Waals surface area contributed by atoms with Gasteiger partial charge < -0.3 is 4.90 Å². The molecule has 1 amide bonds. The summed E-state index contributed by atoms with van der Waals surface area (Å²) < 4.78 is 0. The van der Waals surface area contributed by atoms with Gasteiger partial charge in [-0.1, -0.05) is 30.3 Å². The Morgan fingerprint density at radius 3 is 2.60 bits per heavy atom. The molecular formula is C12H16ClNO. The van der Waals surface area contributed by atoms with Crippen LogP contribution in [-0.4, -0.2) is 30.3 Å². The fourth-order valence-electron chi connectivity index (χ4n) is 1.34. The second-order valence-electron chi connectivity index (χ2n) is 3.49. The third-order valence-corrected chi connectivity index (χ3v) is 2.49. The summed E-state index contributed by atoms with van der Waals surface area (Å²) in [5.74, 6) is 0.646. The van der Waals surface area contributed by atoms with Crippen LogP contribution in [0.2, 0.25) is 0 Å². The predicted octanol–water partition coefficient (Wildman–Crippen LogP) is 2.32. The first-order chi connectivity index (χ1) is 7.24. The Balaban J connectivity index is 2.34. The van der Waals surface area contributed by atoms with E-state index in [0.29, 0.717) is 18.8 Å². The Kier molecular flexibility index (Phi) is 5.19. The number of carbonyl (C=O) groups excluding carboxylic acids is 1. The van der Waals surface area contributed by atoms with Gasteiger partial charge in [0.05, 0.1) is 0 Å². The van der Waals surface area contributed by atoms with E-state index in [9.17, 15) is 4.79 Å². The van der Waals surface area contributed by atoms with E-state index in [0.717, 1.165) is 6.42 Å². The molecule has 1 rings (SSSR count). The quantitative estimate of drug-likeness (QED) is 0.705. The Labute approximate surface area is 95.8 Å². The van der Waals surface area contributed by atoms with Crippen molar-refractivity contribution in [1.29, 1.82) is 0 Å². The molecular weight excluding hydrogens is 210 g/mol. The number of rotatable bonds is 5. The summed E-state index contributed by atoms with van der Waals surface area (Å²) in [6.07, 6.45) is 1.35. The normalized spacial score (nSPS) is 10.0. The highest BCUT2D eigenvalue weighted by Gasteiger charge is 2.07. The lowest BCUT2D eigenvalue weighted by atomic mass is 10.1. The minimum absolute atomic E-state index is 0.152. The first kappa shape index (κ1) is 12.1. The van der Waals surface area contributed by atoms with Crippen LogP contribution < -0.4 is 0 Å². The highest BCUT2D eigenvalue weighted by Crippen LogP contribution is 2.03. The lowest BCUT2D eigenvalue weighted by molar-refractivity contribution is -0.129. The van der Waals surface area contributed by atoms with Crippen molar-refractivity contribution >= 4 is 17.5 Å². The molecule has 0 fully saturated rings. The SMILES string of the molecule is CN(CCCl)C(=O)CCc1ccccc1. The largest absolute Gasteiger partial charge is 0.345 e. The number of carbonyl (C=O) groups is 1. The molecule has 0 aromatic heterocycles. The molecule has 0 radical (unpaired) electrons. The van der Waals surface area contributed by atoms with Crippen molar-refractivity contribution in [2.24, 2.45) is 0 Å². The van der Waals surface area contributed by atoms with Crippen molar-refractivity contribution in [2.75, 3.05) is 19.5 Å². The molecule has 1 aromatic carbocycles. The molecule has 82 valence electrons. The van der Waals surface area contributed by atoms with Crippen molar-refractivity contribution in [2.45, 2.75) is 12.8 Å². The van der Waals surface area contributed by atoms with Crippen molar-refractivity contribution in [3.8, 4) is 0 Å². The lowest BCUT2D eigenvalue weighted by Gasteiger charge is -2.15. The molecule has 0 aliphatic heterocycles. The zero-order chi connectivity index (χ0) is 11.1. The number of benzene rings is 1. The van der Waals surface area contributed by atoms with E-state index in [1.54, 1.807) is 11.9 Å². The maximum absolute atomic E-state index is 11.6. The van der Waals surface area contributed by atoms with Crippen molar-refractivity contribution < 1.29 is 4.79 Å². The molecule has 0 aliphatic carbocycles. The van der Waals surface area contributed by atoms with Gasteiger partial charge in [-0.05, 0) is 12.0 Å². The van der Waals surface area contributed by atoms with Gasteiger partial charge in [0.1, 0.15) is 0 Å². The van der Waals surface area contributed by atoms with Crippen LogP contribution in [0.3, 0.4) is 0 Å². The van der Waals surface area contributed by atoms with E-state index in [4.69, 9.17) is 11.6 Å². The van der Waals surface area contributed by atoms with Crippen LogP contribution in [0.5, 0.6) is 0 Å². The fourth-order valence-corrected chi connectivity index (χ4v) is 1.59. The van der Waals surface area contributed by atoms with Crippen LogP contribution in [0, 0.1) is 0 Å². The van der Waals surface area contributed by atoms with Gasteiger partial charge in [0.25, 0.3) is 0 Å². The minimum Gasteiger partial charge on any atom is -0.345 e. The number of amides is 1. The van der Waals surface area contributed by atoms with E-state index in [2.05, 4.69) is 0 Å². The molecule has 0 atom stereocenters. The van der Waals surface area contributed by atoms with E-state index >= 15 is 0 Å². The first-order valence-corrected chi connectivity index (χ1v) is 5.61. The van der Waals surface area contributed by atoms with Gasteiger partial charge in [-0.15, -0.1) is 11.6 Å². The molecule has 0 saturated carbocycles. The average molecular weight is 226 g/mol. The number of nitrogens with zero attached hydrogens (tertiary/aromatic N) is 1. The number of halogens is 1. The summed E-state index contributed by atoms with van der Waals surface area (Å²) in [6.45, 7) is 0.620. The molecule has 0 spiro atoms. The topological polar surface area (TPSA) is 20.3 Å². The molecule has 1 aromatic rings. The Bertz CT molecular complexity index is 300. The minimum atomic E-state index is 0.152. The van der Waals surface area contributed by atoms with Gasteiger partial charge in [-0.25, -0.2) is 0 Å². The highest BCUT2D eigenvalue weighted by molar-refractivity contribution is 6.18. The standard InChI is InChI=1S/C12H16ClNO/c1-14(10-9-13)12(15)8-7-11-5-3-2-4-6-11/h2-6H,7-10H2,1H3. The van der Waals surface area contributed by atoms with Gasteiger partial charge in [0, 0.05) is 25.9 Å². The molecule has 0 heterocycles. The summed E-state index contributed by atoms with van der Waals surface area (Å²) in [5.41, 5.74) is 1.20. The number of hydrogen-bond donors (Lipinski definition) is 0. The zero-order valence-electron chi connectivity index (χ0n) is 8.95. The molecule has 2 nitrogen and oxygen atoms in total. The number of hydrogen-bond acceptors (Lipinski definition) is 1. The van der Waals surface area contributed by atoms with Gasteiger partial charge in [-0.2, -0.15) is 0 Å². The third kappa shape index (κ3) is 4.34. The summed E-state index contributed by atoms with van der Waals surface area (Å²) in [5, 5.41) is 0. The second kappa shape index (κ2) is 6.46. The molecule has 0 unspecified atom stereocenters. The maximum atomic E-state index is 11.6. The van der Waals surface area contributed by atoms with Gasteiger partial charge in [0.15, 0.2) is 0 Å². The first-order valence-electron chi connectivity index (χ1n) is 5.08. The number of aryl methyl sites for hydroxylation is 1. The third-order valence-electron chi connectivity index (χ3n) is 2.32. The highest BCUT2D eigenvalue weighted by atomic mass is 35.5. The van der Waals surface area contributed by atoms with Crippen LogP contribution in [0.25, 0.3) is 0 Å². The van der Waals surface area contributed by atoms with E-state index in [1.165, 1.54) is 5.56 Å². The van der Waals surface area contributed by atoms with Gasteiger partial charge in [-0.3, -0.25) is 4.79 Å². The smallest absolute Gasteiger partial charge is 0.222 e. The maximum Gasteiger partial charge on any atom is 0.222 e. The lowest BCUT2D eigenvalue weighted by Crippen LogP contribution is -2.28. The monoisotopic (exact) mass is 225 g/mol. The Hall–Kier alpha value is -1.02. The van der Waals surface area contributed by atoms with Crippen molar-refractivity contribution in [1.82, 2.24) is 4.90 Å². The van der Waals surface area contributed by atoms with Crippen LogP contribution in [-0.2, 0) is 11.2 Å². The molecule has 0 saturated heterocycles. The van der Waals surface area contributed by atoms with Gasteiger partial charge >= 0.3 is 0 Å². The average Bonchev–Trinajstić information content (AvgIpc) is 2.27. The summed E-state index contributed by atoms with van der Waals surface area (Å²) in [7, 11) is 1.79. The van der Waals surface area contributed by atoms with Gasteiger partial charge in [0.2, 0.25) is 5.91 Å². The van der Waals surface area contributed by atoms with Crippen LogP contribution in [0.15, 0.2) is 30.3 Å². The molecule has 3 heteroatoms. The fraction of sp³-hybridized carbons (Fsp3) is 0.417. The second-order valence-corrected chi connectivity index (χ2v) is 3.87. The molecule has 0 bridgehead atoms. The van der Waals surface area contributed by atoms with Crippen LogP contribution in [0.4, 0.5) is 0 Å². The van der Waals surface area contributed by atoms with Crippen molar-refractivity contribution in [3.05, 3.63) is 35.9 Å². The Morgan fingerprint density at radius 2 is 2.00 bits per heavy atom. The van der Waals surface area contributed by atoms with Crippen LogP contribution in [0.1, 0.15) is 12.0 Å². The zero-order valence-corrected chi connectivity index (χ0v) is 9.70. The van der Waals surface area contributed by atoms with Crippen LogP contribution >= 0.6 is 11.6 Å². The Morgan fingerprint density at radius 1 is 1.33 bits per heavy atom. The molecule has 15 heavy (non-hydrogen) atoms. The molecule has 0 aliphatic rings. The molecule has 0 N–H and O–H groups in total. The van der Waals surface area contributed by atoms with Crippen molar-refractivity contribution in [3.63, 3.8) is 0 Å². The number of alkyl halides is 1.